The molecule has 0 aliphatic heterocycles. The van der Waals surface area contributed by atoms with Crippen molar-refractivity contribution >= 4 is 29.9 Å². The monoisotopic (exact) mass is 507 g/mol. The van der Waals surface area contributed by atoms with Crippen molar-refractivity contribution in [3.63, 3.8) is 0 Å². The van der Waals surface area contributed by atoms with E-state index in [0.717, 1.165) is 30.2 Å². The molecule has 0 unspecified atom stereocenters. The number of halogens is 2. The Morgan fingerprint density at radius 3 is 2.34 bits per heavy atom. The van der Waals surface area contributed by atoms with Gasteiger partial charge >= 0.3 is 0 Å². The summed E-state index contributed by atoms with van der Waals surface area (Å²) in [6.45, 7) is 4.91. The van der Waals surface area contributed by atoms with Crippen molar-refractivity contribution in [3.8, 4) is 0 Å². The fraction of sp³-hybridized carbons (Fsp3) is 0.273. The van der Waals surface area contributed by atoms with E-state index in [2.05, 4.69) is 34.6 Å². The predicted molar refractivity (Wildman–Crippen MR) is 126 cm³/mol. The van der Waals surface area contributed by atoms with Gasteiger partial charge in [-0.2, -0.15) is 0 Å². The summed E-state index contributed by atoms with van der Waals surface area (Å²) in [4.78, 5) is 10.9. The van der Waals surface area contributed by atoms with Crippen LogP contribution in [0.3, 0.4) is 0 Å². The van der Waals surface area contributed by atoms with Crippen molar-refractivity contribution in [1.82, 2.24) is 19.8 Å². The molecule has 0 saturated heterocycles. The lowest BCUT2D eigenvalue weighted by Crippen LogP contribution is -2.38. The molecule has 7 heteroatoms. The lowest BCUT2D eigenvalue weighted by molar-refractivity contribution is 0.476. The quantitative estimate of drug-likeness (QED) is 0.295. The Bertz CT molecular complexity index is 877. The molecular weight excluding hydrogens is 480 g/mol. The molecule has 0 saturated carbocycles. The van der Waals surface area contributed by atoms with Crippen molar-refractivity contribution in [3.05, 3.63) is 89.8 Å². The summed E-state index contributed by atoms with van der Waals surface area (Å²) in [6.07, 6.45) is 5.56. The van der Waals surface area contributed by atoms with Crippen LogP contribution >= 0.6 is 24.0 Å². The van der Waals surface area contributed by atoms with Crippen LogP contribution in [0.15, 0.2) is 72.2 Å². The van der Waals surface area contributed by atoms with Crippen LogP contribution in [0.5, 0.6) is 0 Å². The average Bonchev–Trinajstić information content (AvgIpc) is 3.21. The van der Waals surface area contributed by atoms with Crippen LogP contribution in [0.4, 0.5) is 4.39 Å². The molecule has 0 bridgehead atoms. The normalized spacial score (nSPS) is 11.1. The second kappa shape index (κ2) is 11.5. The summed E-state index contributed by atoms with van der Waals surface area (Å²) in [5.41, 5.74) is 3.42. The summed E-state index contributed by atoms with van der Waals surface area (Å²) in [6, 6.07) is 15.0. The molecule has 154 valence electrons. The molecule has 3 rings (SSSR count). The SMILES string of the molecule is CCNC(=NCc1ccc(Cn2ccnc2)cc1)N(C)Cc1ccc(F)cc1.I. The van der Waals surface area contributed by atoms with E-state index >= 15 is 0 Å². The molecule has 0 spiro atoms. The number of imidazole rings is 1. The highest BCUT2D eigenvalue weighted by atomic mass is 127. The van der Waals surface area contributed by atoms with Crippen molar-refractivity contribution in [1.29, 1.82) is 0 Å². The summed E-state index contributed by atoms with van der Waals surface area (Å²) >= 11 is 0. The highest BCUT2D eigenvalue weighted by molar-refractivity contribution is 14.0. The van der Waals surface area contributed by atoms with Crippen LogP contribution in [0.25, 0.3) is 0 Å². The maximum atomic E-state index is 13.1. The number of aromatic nitrogens is 2. The van der Waals surface area contributed by atoms with Gasteiger partial charge in [-0.1, -0.05) is 36.4 Å². The predicted octanol–water partition coefficient (Wildman–Crippen LogP) is 4.29. The molecule has 1 heterocycles. The summed E-state index contributed by atoms with van der Waals surface area (Å²) in [7, 11) is 1.99. The average molecular weight is 507 g/mol. The molecule has 3 aromatic rings. The molecule has 0 aliphatic carbocycles. The fourth-order valence-electron chi connectivity index (χ4n) is 2.92. The van der Waals surface area contributed by atoms with Crippen LogP contribution in [0, 0.1) is 5.82 Å². The van der Waals surface area contributed by atoms with Crippen molar-refractivity contribution in [2.45, 2.75) is 26.6 Å². The first-order valence-corrected chi connectivity index (χ1v) is 9.41. The van der Waals surface area contributed by atoms with E-state index in [1.807, 2.05) is 36.0 Å². The van der Waals surface area contributed by atoms with Gasteiger partial charge in [0.05, 0.1) is 12.9 Å². The zero-order chi connectivity index (χ0) is 19.8. The van der Waals surface area contributed by atoms with Gasteiger partial charge in [0, 0.05) is 39.1 Å². The van der Waals surface area contributed by atoms with Gasteiger partial charge in [-0.25, -0.2) is 14.4 Å². The summed E-state index contributed by atoms with van der Waals surface area (Å²) < 4.78 is 15.1. The molecule has 0 radical (unpaired) electrons. The molecule has 29 heavy (non-hydrogen) atoms. The number of nitrogens with zero attached hydrogens (tertiary/aromatic N) is 4. The van der Waals surface area contributed by atoms with Crippen molar-refractivity contribution < 1.29 is 4.39 Å². The van der Waals surface area contributed by atoms with E-state index in [9.17, 15) is 4.39 Å². The second-order valence-electron chi connectivity index (χ2n) is 6.70. The van der Waals surface area contributed by atoms with Gasteiger partial charge in [0.2, 0.25) is 0 Å². The molecule has 0 atom stereocenters. The van der Waals surface area contributed by atoms with Crippen molar-refractivity contribution in [2.75, 3.05) is 13.6 Å². The van der Waals surface area contributed by atoms with Crippen LogP contribution in [0.1, 0.15) is 23.6 Å². The number of nitrogens with one attached hydrogen (secondary N) is 1. The van der Waals surface area contributed by atoms with Gasteiger partial charge in [0.1, 0.15) is 5.82 Å². The van der Waals surface area contributed by atoms with Crippen LogP contribution < -0.4 is 5.32 Å². The Morgan fingerprint density at radius 2 is 1.72 bits per heavy atom. The van der Waals surface area contributed by atoms with Gasteiger partial charge < -0.3 is 14.8 Å². The van der Waals surface area contributed by atoms with E-state index in [1.165, 1.54) is 17.7 Å². The highest BCUT2D eigenvalue weighted by Crippen LogP contribution is 2.09. The maximum absolute atomic E-state index is 13.1. The standard InChI is InChI=1S/C22H26FN5.HI/c1-3-25-22(27(2)15-19-8-10-21(23)11-9-19)26-14-18-4-6-20(7-5-18)16-28-13-12-24-17-28;/h4-13,17H,3,14-16H2,1-2H3,(H,25,26);1H. The minimum Gasteiger partial charge on any atom is -0.357 e. The first-order valence-electron chi connectivity index (χ1n) is 9.41. The smallest absolute Gasteiger partial charge is 0.194 e. The first kappa shape index (κ1) is 22.9. The van der Waals surface area contributed by atoms with Crippen molar-refractivity contribution in [2.24, 2.45) is 4.99 Å². The van der Waals surface area contributed by atoms with Crippen LogP contribution in [-0.2, 0) is 19.6 Å². The largest absolute Gasteiger partial charge is 0.357 e. The zero-order valence-electron chi connectivity index (χ0n) is 16.8. The van der Waals surface area contributed by atoms with Gasteiger partial charge in [0.25, 0.3) is 0 Å². The number of aliphatic imine (C=N–C) groups is 1. The molecule has 1 N–H and O–H groups in total. The third-order valence-electron chi connectivity index (χ3n) is 4.39. The zero-order valence-corrected chi connectivity index (χ0v) is 19.1. The summed E-state index contributed by atoms with van der Waals surface area (Å²) in [5, 5.41) is 3.32. The van der Waals surface area contributed by atoms with E-state index in [0.29, 0.717) is 13.1 Å². The number of hydrogen-bond acceptors (Lipinski definition) is 2. The van der Waals surface area contributed by atoms with Gasteiger partial charge in [0.15, 0.2) is 5.96 Å². The van der Waals surface area contributed by atoms with Gasteiger partial charge in [-0.05, 0) is 35.7 Å². The third kappa shape index (κ3) is 7.16. The topological polar surface area (TPSA) is 45.5 Å². The van der Waals surface area contributed by atoms with E-state index in [-0.39, 0.29) is 29.8 Å². The Kier molecular flexibility index (Phi) is 9.11. The molecule has 0 fully saturated rings. The molecule has 1 aromatic heterocycles. The Hall–Kier alpha value is -2.42. The van der Waals surface area contributed by atoms with E-state index < -0.39 is 0 Å². The maximum Gasteiger partial charge on any atom is 0.194 e. The fourth-order valence-corrected chi connectivity index (χ4v) is 2.92. The molecule has 0 amide bonds. The third-order valence-corrected chi connectivity index (χ3v) is 4.39. The Morgan fingerprint density at radius 1 is 1.07 bits per heavy atom. The highest BCUT2D eigenvalue weighted by Gasteiger charge is 2.07. The first-order chi connectivity index (χ1) is 13.6. The minimum atomic E-state index is -0.219. The lowest BCUT2D eigenvalue weighted by atomic mass is 10.1. The number of rotatable bonds is 7. The molecule has 5 nitrogen and oxygen atoms in total. The number of guanidine groups is 1. The summed E-state index contributed by atoms with van der Waals surface area (Å²) in [5.74, 6) is 0.609. The Labute approximate surface area is 188 Å². The van der Waals surface area contributed by atoms with E-state index in [4.69, 9.17) is 4.99 Å². The lowest BCUT2D eigenvalue weighted by Gasteiger charge is -2.22. The number of benzene rings is 2. The van der Waals surface area contributed by atoms with Crippen LogP contribution in [0.2, 0.25) is 0 Å². The Balaban J connectivity index is 0.00000300. The van der Waals surface area contributed by atoms with Gasteiger partial charge in [-0.15, -0.1) is 24.0 Å². The number of hydrogen-bond donors (Lipinski definition) is 1. The molecular formula is C22H27FIN5. The van der Waals surface area contributed by atoms with Crippen LogP contribution in [-0.4, -0.2) is 34.0 Å². The van der Waals surface area contributed by atoms with E-state index in [1.54, 1.807) is 18.3 Å². The molecule has 0 aliphatic rings. The second-order valence-corrected chi connectivity index (χ2v) is 6.70. The van der Waals surface area contributed by atoms with Gasteiger partial charge in [-0.3, -0.25) is 0 Å². The molecule has 2 aromatic carbocycles. The minimum absolute atomic E-state index is 0.